The van der Waals surface area contributed by atoms with Crippen molar-refractivity contribution in [2.75, 3.05) is 37.7 Å². The third-order valence-electron chi connectivity index (χ3n) is 5.21. The molecule has 0 bridgehead atoms. The molecule has 0 spiro atoms. The molecule has 3 aromatic rings. The lowest BCUT2D eigenvalue weighted by atomic mass is 10.1. The fourth-order valence-electron chi connectivity index (χ4n) is 3.50. The van der Waals surface area contributed by atoms with Gasteiger partial charge in [-0.25, -0.2) is 4.98 Å². The normalized spacial score (nSPS) is 10.5. The van der Waals surface area contributed by atoms with Gasteiger partial charge in [-0.05, 0) is 49.1 Å². The van der Waals surface area contributed by atoms with Crippen LogP contribution in [0, 0.1) is 0 Å². The van der Waals surface area contributed by atoms with Crippen molar-refractivity contribution in [1.29, 1.82) is 0 Å². The van der Waals surface area contributed by atoms with E-state index in [0.717, 1.165) is 36.3 Å². The van der Waals surface area contributed by atoms with Gasteiger partial charge in [0.25, 0.3) is 0 Å². The number of nitrogen functional groups attached to an aromatic ring is 1. The Kier molecular flexibility index (Phi) is 8.81. The number of hydrogen-bond acceptors (Lipinski definition) is 7. The van der Waals surface area contributed by atoms with E-state index < -0.39 is 0 Å². The Morgan fingerprint density at radius 3 is 2.41 bits per heavy atom. The van der Waals surface area contributed by atoms with Crippen molar-refractivity contribution < 1.29 is 19.0 Å². The standard InChI is InChI=1S/C25H29ClN4O4/c1-32-21-14-18(15-22(33-2)24(21)34-3)29-25-16(8-6-12-28-25)7-4-5-9-23(31)30-20-11-10-17(26)13-19(20)27/h6,8,10-15H,4-5,7,9,27H2,1-3H3,(H,28,29)(H,30,31). The third-order valence-corrected chi connectivity index (χ3v) is 5.44. The van der Waals surface area contributed by atoms with Gasteiger partial charge in [-0.1, -0.05) is 17.7 Å². The van der Waals surface area contributed by atoms with Crippen LogP contribution in [0.2, 0.25) is 5.02 Å². The van der Waals surface area contributed by atoms with Crippen LogP contribution >= 0.6 is 11.6 Å². The van der Waals surface area contributed by atoms with E-state index in [1.54, 1.807) is 45.7 Å². The van der Waals surface area contributed by atoms with Crippen LogP contribution in [-0.4, -0.2) is 32.2 Å². The summed E-state index contributed by atoms with van der Waals surface area (Å²) in [5.41, 5.74) is 8.71. The molecule has 0 saturated carbocycles. The quantitative estimate of drug-likeness (QED) is 0.246. The van der Waals surface area contributed by atoms with Crippen LogP contribution in [0.4, 0.5) is 22.9 Å². The molecule has 180 valence electrons. The van der Waals surface area contributed by atoms with Gasteiger partial charge in [0.2, 0.25) is 11.7 Å². The maximum absolute atomic E-state index is 12.3. The fourth-order valence-corrected chi connectivity index (χ4v) is 3.68. The second-order valence-electron chi connectivity index (χ2n) is 7.54. The summed E-state index contributed by atoms with van der Waals surface area (Å²) in [4.78, 5) is 16.8. The van der Waals surface area contributed by atoms with Crippen LogP contribution < -0.4 is 30.6 Å². The molecule has 0 aliphatic carbocycles. The van der Waals surface area contributed by atoms with Crippen LogP contribution in [0.25, 0.3) is 0 Å². The van der Waals surface area contributed by atoms with E-state index in [4.69, 9.17) is 31.5 Å². The summed E-state index contributed by atoms with van der Waals surface area (Å²) < 4.78 is 16.2. The number of hydrogen-bond donors (Lipinski definition) is 3. The first-order valence-corrected chi connectivity index (χ1v) is 11.2. The van der Waals surface area contributed by atoms with E-state index in [1.807, 2.05) is 24.3 Å². The van der Waals surface area contributed by atoms with Gasteiger partial charge in [0.15, 0.2) is 11.5 Å². The molecule has 1 amide bonds. The number of nitrogens with one attached hydrogen (secondary N) is 2. The Bertz CT molecular complexity index is 1110. The smallest absolute Gasteiger partial charge is 0.224 e. The van der Waals surface area contributed by atoms with Gasteiger partial charge in [-0.2, -0.15) is 0 Å². The molecule has 0 radical (unpaired) electrons. The number of anilines is 4. The molecule has 4 N–H and O–H groups in total. The summed E-state index contributed by atoms with van der Waals surface area (Å²) in [6, 6.07) is 12.6. The summed E-state index contributed by atoms with van der Waals surface area (Å²) in [5.74, 6) is 2.27. The summed E-state index contributed by atoms with van der Waals surface area (Å²) >= 11 is 5.90. The Balaban J connectivity index is 1.59. The molecule has 2 aromatic carbocycles. The summed E-state index contributed by atoms with van der Waals surface area (Å²) in [7, 11) is 4.71. The highest BCUT2D eigenvalue weighted by Gasteiger charge is 2.14. The molecule has 3 rings (SSSR count). The van der Waals surface area contributed by atoms with Gasteiger partial charge in [0.1, 0.15) is 5.82 Å². The zero-order chi connectivity index (χ0) is 24.5. The maximum Gasteiger partial charge on any atom is 0.224 e. The number of methoxy groups -OCH3 is 3. The van der Waals surface area contributed by atoms with Crippen molar-refractivity contribution >= 4 is 40.4 Å². The molecule has 8 nitrogen and oxygen atoms in total. The van der Waals surface area contributed by atoms with E-state index in [2.05, 4.69) is 15.6 Å². The van der Waals surface area contributed by atoms with E-state index >= 15 is 0 Å². The largest absolute Gasteiger partial charge is 0.493 e. The Morgan fingerprint density at radius 1 is 1.03 bits per heavy atom. The molecule has 0 aliphatic rings. The highest BCUT2D eigenvalue weighted by atomic mass is 35.5. The highest BCUT2D eigenvalue weighted by Crippen LogP contribution is 2.40. The Hall–Kier alpha value is -3.65. The number of carbonyl (C=O) groups is 1. The van der Waals surface area contributed by atoms with Gasteiger partial charge in [0.05, 0.1) is 32.7 Å². The van der Waals surface area contributed by atoms with Gasteiger partial charge in [-0.15, -0.1) is 0 Å². The number of halogens is 1. The minimum atomic E-state index is -0.0871. The zero-order valence-corrected chi connectivity index (χ0v) is 20.2. The number of aryl methyl sites for hydroxylation is 1. The predicted octanol–water partition coefficient (Wildman–Crippen LogP) is 5.44. The molecular formula is C25H29ClN4O4. The summed E-state index contributed by atoms with van der Waals surface area (Å²) in [6.07, 6.45) is 4.42. The molecule has 0 atom stereocenters. The predicted molar refractivity (Wildman–Crippen MR) is 136 cm³/mol. The number of carbonyl (C=O) groups excluding carboxylic acids is 1. The fraction of sp³-hybridized carbons (Fsp3) is 0.280. The van der Waals surface area contributed by atoms with E-state index in [0.29, 0.717) is 40.1 Å². The number of rotatable bonds is 11. The molecule has 9 heteroatoms. The van der Waals surface area contributed by atoms with Crippen molar-refractivity contribution in [3.8, 4) is 17.2 Å². The number of benzene rings is 2. The van der Waals surface area contributed by atoms with Gasteiger partial charge >= 0.3 is 0 Å². The highest BCUT2D eigenvalue weighted by molar-refractivity contribution is 6.31. The van der Waals surface area contributed by atoms with Crippen molar-refractivity contribution in [3.05, 3.63) is 59.2 Å². The number of nitrogens with two attached hydrogens (primary N) is 1. The lowest BCUT2D eigenvalue weighted by Crippen LogP contribution is -2.12. The van der Waals surface area contributed by atoms with Crippen molar-refractivity contribution in [2.24, 2.45) is 0 Å². The van der Waals surface area contributed by atoms with Crippen molar-refractivity contribution in [1.82, 2.24) is 4.98 Å². The van der Waals surface area contributed by atoms with E-state index in [-0.39, 0.29) is 5.91 Å². The van der Waals surface area contributed by atoms with Crippen molar-refractivity contribution in [2.45, 2.75) is 25.7 Å². The van der Waals surface area contributed by atoms with Gasteiger partial charge in [0, 0.05) is 35.5 Å². The average molecular weight is 485 g/mol. The molecule has 0 fully saturated rings. The number of aromatic nitrogens is 1. The zero-order valence-electron chi connectivity index (χ0n) is 19.5. The van der Waals surface area contributed by atoms with Crippen LogP contribution in [-0.2, 0) is 11.2 Å². The second-order valence-corrected chi connectivity index (χ2v) is 7.97. The second kappa shape index (κ2) is 12.0. The van der Waals surface area contributed by atoms with Crippen molar-refractivity contribution in [3.63, 3.8) is 0 Å². The summed E-state index contributed by atoms with van der Waals surface area (Å²) in [6.45, 7) is 0. The molecule has 0 saturated heterocycles. The third kappa shape index (κ3) is 6.45. The first-order chi connectivity index (χ1) is 16.4. The minimum absolute atomic E-state index is 0.0871. The molecule has 0 aliphatic heterocycles. The topological polar surface area (TPSA) is 108 Å². The number of nitrogens with zero attached hydrogens (tertiary/aromatic N) is 1. The van der Waals surface area contributed by atoms with Crippen LogP contribution in [0.3, 0.4) is 0 Å². The number of pyridine rings is 1. The Morgan fingerprint density at radius 2 is 1.76 bits per heavy atom. The number of amides is 1. The molecule has 1 heterocycles. The number of ether oxygens (including phenoxy) is 3. The van der Waals surface area contributed by atoms with Crippen LogP contribution in [0.5, 0.6) is 17.2 Å². The van der Waals surface area contributed by atoms with Gasteiger partial charge in [-0.3, -0.25) is 4.79 Å². The van der Waals surface area contributed by atoms with Gasteiger partial charge < -0.3 is 30.6 Å². The van der Waals surface area contributed by atoms with E-state index in [1.165, 1.54) is 0 Å². The summed E-state index contributed by atoms with van der Waals surface area (Å²) in [5, 5.41) is 6.70. The molecule has 1 aromatic heterocycles. The van der Waals surface area contributed by atoms with Crippen LogP contribution in [0.1, 0.15) is 24.8 Å². The van der Waals surface area contributed by atoms with E-state index in [9.17, 15) is 4.79 Å². The molecular weight excluding hydrogens is 456 g/mol. The maximum atomic E-state index is 12.3. The minimum Gasteiger partial charge on any atom is -0.493 e. The first-order valence-electron chi connectivity index (χ1n) is 10.8. The van der Waals surface area contributed by atoms with Crippen LogP contribution in [0.15, 0.2) is 48.7 Å². The lowest BCUT2D eigenvalue weighted by Gasteiger charge is -2.16. The SMILES string of the molecule is COc1cc(Nc2ncccc2CCCCC(=O)Nc2ccc(Cl)cc2N)cc(OC)c1OC. The number of unbranched alkanes of at least 4 members (excludes halogenated alkanes) is 1. The first kappa shape index (κ1) is 25.0. The molecule has 34 heavy (non-hydrogen) atoms. The molecule has 0 unspecified atom stereocenters. The average Bonchev–Trinajstić information content (AvgIpc) is 2.83. The lowest BCUT2D eigenvalue weighted by molar-refractivity contribution is -0.116. The monoisotopic (exact) mass is 484 g/mol. The Labute approximate surface area is 204 Å².